The van der Waals surface area contributed by atoms with E-state index in [0.29, 0.717) is 45.8 Å². The molecule has 2 aromatic rings. The number of benzene rings is 1. The van der Waals surface area contributed by atoms with Gasteiger partial charge >= 0.3 is 0 Å². The smallest absolute Gasteiger partial charge is 0.219 e. The summed E-state index contributed by atoms with van der Waals surface area (Å²) in [5.74, 6) is 0.881. The molecule has 9 nitrogen and oxygen atoms in total. The molecule has 1 aromatic heterocycles. The molecular formula is C22H20N6O3S2. The minimum atomic E-state index is -0.616. The Hall–Kier alpha value is -3.54. The minimum absolute atomic E-state index is 0.0233. The highest BCUT2D eigenvalue weighted by Gasteiger charge is 2.41. The number of hydrogen-bond donors (Lipinski definition) is 1. The SMILES string of the molecule is COc1ccc(C2C(C#N)=C(N)N(c3nnc(SCC#N)s3)C3=C2C(=O)CCC3)cc1OC. The number of ether oxygens (including phenoxy) is 2. The molecule has 0 spiro atoms. The van der Waals surface area contributed by atoms with E-state index in [4.69, 9.17) is 20.5 Å². The molecular weight excluding hydrogens is 460 g/mol. The highest BCUT2D eigenvalue weighted by molar-refractivity contribution is 8.01. The number of hydrogen-bond acceptors (Lipinski definition) is 11. The van der Waals surface area contributed by atoms with Crippen molar-refractivity contribution in [2.24, 2.45) is 5.73 Å². The number of ketones is 1. The second kappa shape index (κ2) is 9.53. The van der Waals surface area contributed by atoms with Crippen LogP contribution >= 0.6 is 23.1 Å². The van der Waals surface area contributed by atoms with Crippen LogP contribution in [0.3, 0.4) is 0 Å². The third-order valence-corrected chi connectivity index (χ3v) is 7.41. The maximum atomic E-state index is 13.2. The highest BCUT2D eigenvalue weighted by atomic mass is 32.2. The van der Waals surface area contributed by atoms with Crippen LogP contribution in [0.25, 0.3) is 0 Å². The number of carbonyl (C=O) groups is 1. The predicted molar refractivity (Wildman–Crippen MR) is 124 cm³/mol. The maximum absolute atomic E-state index is 13.2. The number of aromatic nitrogens is 2. The van der Waals surface area contributed by atoms with Gasteiger partial charge in [-0.2, -0.15) is 10.5 Å². The monoisotopic (exact) mass is 480 g/mol. The number of rotatable bonds is 6. The summed E-state index contributed by atoms with van der Waals surface area (Å²) in [5.41, 5.74) is 8.80. The standard InChI is InChI=1S/C22H20N6O3S2/c1-30-16-7-6-12(10-17(16)31-2)18-13(11-24)20(25)28(14-4-3-5-15(29)19(14)18)21-26-27-22(33-21)32-9-8-23/h6-7,10,18H,3-5,9,25H2,1-2H3. The van der Waals surface area contributed by atoms with Crippen molar-refractivity contribution in [3.63, 3.8) is 0 Å². The van der Waals surface area contributed by atoms with E-state index < -0.39 is 5.92 Å². The number of anilines is 1. The van der Waals surface area contributed by atoms with Crippen LogP contribution in [0, 0.1) is 22.7 Å². The van der Waals surface area contributed by atoms with Gasteiger partial charge in [-0.15, -0.1) is 10.2 Å². The van der Waals surface area contributed by atoms with Gasteiger partial charge in [-0.3, -0.25) is 9.69 Å². The number of Topliss-reactive ketones (excluding diaryl/α,β-unsaturated/α-hetero) is 1. The van der Waals surface area contributed by atoms with E-state index in [2.05, 4.69) is 22.3 Å². The van der Waals surface area contributed by atoms with Crippen LogP contribution in [-0.2, 0) is 4.79 Å². The second-order valence-electron chi connectivity index (χ2n) is 7.23. The van der Waals surface area contributed by atoms with E-state index in [1.165, 1.54) is 30.2 Å². The number of methoxy groups -OCH3 is 2. The van der Waals surface area contributed by atoms with Gasteiger partial charge in [0.25, 0.3) is 0 Å². The van der Waals surface area contributed by atoms with Crippen molar-refractivity contribution in [1.82, 2.24) is 10.2 Å². The van der Waals surface area contributed by atoms with Crippen LogP contribution in [0.2, 0.25) is 0 Å². The van der Waals surface area contributed by atoms with Gasteiger partial charge in [0.2, 0.25) is 5.13 Å². The molecule has 0 radical (unpaired) electrons. The average molecular weight is 481 g/mol. The van der Waals surface area contributed by atoms with Crippen molar-refractivity contribution < 1.29 is 14.3 Å². The molecule has 0 amide bonds. The van der Waals surface area contributed by atoms with E-state index in [1.54, 1.807) is 24.1 Å². The Bertz CT molecular complexity index is 1250. The van der Waals surface area contributed by atoms with Crippen LogP contribution in [-0.4, -0.2) is 36.0 Å². The normalized spacial score (nSPS) is 18.0. The third-order valence-electron chi connectivity index (χ3n) is 5.50. The first-order chi connectivity index (χ1) is 16.0. The van der Waals surface area contributed by atoms with E-state index in [9.17, 15) is 10.1 Å². The molecule has 1 aromatic carbocycles. The quantitative estimate of drug-likeness (QED) is 0.611. The van der Waals surface area contributed by atoms with Crippen molar-refractivity contribution in [2.75, 3.05) is 24.9 Å². The summed E-state index contributed by atoms with van der Waals surface area (Å²) in [6.45, 7) is 0. The number of thioether (sulfide) groups is 1. The third kappa shape index (κ3) is 4.01. The van der Waals surface area contributed by atoms with Crippen LogP contribution in [0.15, 0.2) is 45.2 Å². The Labute approximate surface area is 199 Å². The summed E-state index contributed by atoms with van der Waals surface area (Å²) in [4.78, 5) is 14.9. The zero-order valence-electron chi connectivity index (χ0n) is 18.0. The summed E-state index contributed by atoms with van der Waals surface area (Å²) in [5, 5.41) is 27.8. The molecule has 0 saturated heterocycles. The summed E-state index contributed by atoms with van der Waals surface area (Å²) < 4.78 is 11.4. The van der Waals surface area contributed by atoms with Gasteiger partial charge in [0.05, 0.1) is 43.6 Å². The zero-order chi connectivity index (χ0) is 23.5. The topological polar surface area (TPSA) is 138 Å². The van der Waals surface area contributed by atoms with Crippen molar-refractivity contribution >= 4 is 34.0 Å². The Balaban J connectivity index is 1.88. The fraction of sp³-hybridized carbons (Fsp3) is 0.318. The zero-order valence-corrected chi connectivity index (χ0v) is 19.6. The number of nitrogens with two attached hydrogens (primary N) is 1. The molecule has 2 heterocycles. The molecule has 2 N–H and O–H groups in total. The maximum Gasteiger partial charge on any atom is 0.219 e. The molecule has 1 atom stereocenters. The molecule has 1 unspecified atom stereocenters. The lowest BCUT2D eigenvalue weighted by atomic mass is 9.75. The van der Waals surface area contributed by atoms with Gasteiger partial charge in [0.15, 0.2) is 21.6 Å². The molecule has 0 bridgehead atoms. The lowest BCUT2D eigenvalue weighted by molar-refractivity contribution is -0.116. The average Bonchev–Trinajstić information content (AvgIpc) is 3.30. The second-order valence-corrected chi connectivity index (χ2v) is 9.41. The van der Waals surface area contributed by atoms with Gasteiger partial charge in [-0.25, -0.2) is 0 Å². The molecule has 2 aliphatic rings. The molecule has 33 heavy (non-hydrogen) atoms. The van der Waals surface area contributed by atoms with Crippen LogP contribution < -0.4 is 20.1 Å². The first-order valence-electron chi connectivity index (χ1n) is 10.0. The Kier molecular flexibility index (Phi) is 6.54. The molecule has 1 aliphatic carbocycles. The fourth-order valence-electron chi connectivity index (χ4n) is 4.12. The summed E-state index contributed by atoms with van der Waals surface area (Å²) in [6, 6.07) is 9.63. The molecule has 1 aliphatic heterocycles. The van der Waals surface area contributed by atoms with E-state index in [1.807, 2.05) is 6.07 Å². The van der Waals surface area contributed by atoms with Crippen molar-refractivity contribution in [3.8, 4) is 23.6 Å². The Morgan fingerprint density at radius 3 is 2.73 bits per heavy atom. The van der Waals surface area contributed by atoms with Gasteiger partial charge < -0.3 is 15.2 Å². The van der Waals surface area contributed by atoms with Crippen molar-refractivity contribution in [2.45, 2.75) is 29.5 Å². The molecule has 0 saturated carbocycles. The van der Waals surface area contributed by atoms with Crippen molar-refractivity contribution in [1.29, 1.82) is 10.5 Å². The lowest BCUT2D eigenvalue weighted by Crippen LogP contribution is -2.38. The van der Waals surface area contributed by atoms with Crippen LogP contribution in [0.5, 0.6) is 11.5 Å². The number of carbonyl (C=O) groups excluding carboxylic acids is 1. The van der Waals surface area contributed by atoms with E-state index in [0.717, 1.165) is 11.3 Å². The molecule has 4 rings (SSSR count). The fourth-order valence-corrected chi connectivity index (χ4v) is 5.66. The van der Waals surface area contributed by atoms with E-state index >= 15 is 0 Å². The van der Waals surface area contributed by atoms with Gasteiger partial charge in [0.1, 0.15) is 5.82 Å². The lowest BCUT2D eigenvalue weighted by Gasteiger charge is -2.38. The van der Waals surface area contributed by atoms with Gasteiger partial charge in [-0.05, 0) is 30.5 Å². The first kappa shape index (κ1) is 22.6. The number of nitriles is 2. The molecule has 0 fully saturated rings. The van der Waals surface area contributed by atoms with Crippen molar-refractivity contribution in [3.05, 3.63) is 46.4 Å². The first-order valence-corrected chi connectivity index (χ1v) is 11.9. The number of nitrogens with zero attached hydrogens (tertiary/aromatic N) is 5. The summed E-state index contributed by atoms with van der Waals surface area (Å²) in [6.07, 6.45) is 1.69. The van der Waals surface area contributed by atoms with Crippen LogP contribution in [0.4, 0.5) is 5.13 Å². The minimum Gasteiger partial charge on any atom is -0.493 e. The Morgan fingerprint density at radius 1 is 1.24 bits per heavy atom. The predicted octanol–water partition coefficient (Wildman–Crippen LogP) is 3.48. The molecule has 168 valence electrons. The van der Waals surface area contributed by atoms with Crippen LogP contribution in [0.1, 0.15) is 30.7 Å². The number of allylic oxidation sites excluding steroid dienone is 3. The largest absolute Gasteiger partial charge is 0.493 e. The molecule has 11 heteroatoms. The summed E-state index contributed by atoms with van der Waals surface area (Å²) >= 11 is 2.55. The van der Waals surface area contributed by atoms with E-state index in [-0.39, 0.29) is 22.9 Å². The Morgan fingerprint density at radius 2 is 2.03 bits per heavy atom. The van der Waals surface area contributed by atoms with Gasteiger partial charge in [0, 0.05) is 17.7 Å². The summed E-state index contributed by atoms with van der Waals surface area (Å²) in [7, 11) is 3.08. The van der Waals surface area contributed by atoms with Gasteiger partial charge in [-0.1, -0.05) is 29.2 Å². The highest BCUT2D eigenvalue weighted by Crippen LogP contribution is 2.48.